The topological polar surface area (TPSA) is 108 Å². The molecule has 10 nitrogen and oxygen atoms in total. The molecular formula is C25H31N5O5S. The molecule has 1 fully saturated rings. The molecule has 1 saturated heterocycles. The second kappa shape index (κ2) is 10.9. The van der Waals surface area contributed by atoms with Gasteiger partial charge < -0.3 is 24.4 Å². The van der Waals surface area contributed by atoms with Gasteiger partial charge in [-0.3, -0.25) is 9.59 Å². The van der Waals surface area contributed by atoms with Crippen LogP contribution in [0.2, 0.25) is 0 Å². The molecule has 2 aliphatic heterocycles. The first-order valence-electron chi connectivity index (χ1n) is 12.4. The maximum Gasteiger partial charge on any atom is 0.260 e. The molecule has 1 aromatic heterocycles. The van der Waals surface area contributed by atoms with Crippen LogP contribution in [0.3, 0.4) is 0 Å². The summed E-state index contributed by atoms with van der Waals surface area (Å²) in [6, 6.07) is 5.15. The molecule has 1 aromatic carbocycles. The molecule has 11 heteroatoms. The van der Waals surface area contributed by atoms with Gasteiger partial charge in [-0.15, -0.1) is 5.10 Å². The van der Waals surface area contributed by atoms with E-state index in [9.17, 15) is 9.59 Å². The van der Waals surface area contributed by atoms with Crippen LogP contribution in [0.4, 0.5) is 5.95 Å². The van der Waals surface area contributed by atoms with Crippen molar-refractivity contribution in [2.24, 2.45) is 0 Å². The lowest BCUT2D eigenvalue weighted by Gasteiger charge is -2.32. The standard InChI is InChI=1S/C25H31N5O5S/c1-3-13-36-25-27-24-26-17-5-4-6-18(31)22(17)23(30(24)28-25)16-7-8-19(20(14-16)33-2)35-15-21(32)29-9-11-34-12-10-29/h7-8,14,23H,3-6,9-13,15H2,1-2H3,(H,26,27,28). The number of fused-ring (bicyclic) bond motifs is 1. The molecule has 1 unspecified atom stereocenters. The minimum atomic E-state index is -0.412. The highest BCUT2D eigenvalue weighted by atomic mass is 32.2. The van der Waals surface area contributed by atoms with Crippen molar-refractivity contribution >= 4 is 29.4 Å². The lowest BCUT2D eigenvalue weighted by Crippen LogP contribution is -2.43. The van der Waals surface area contributed by atoms with Gasteiger partial charge in [0.2, 0.25) is 11.1 Å². The van der Waals surface area contributed by atoms with Gasteiger partial charge in [-0.2, -0.15) is 4.98 Å². The van der Waals surface area contributed by atoms with Crippen molar-refractivity contribution in [2.75, 3.05) is 51.1 Å². The Balaban J connectivity index is 1.43. The van der Waals surface area contributed by atoms with E-state index in [1.54, 1.807) is 34.5 Å². The Hall–Kier alpha value is -3.05. The van der Waals surface area contributed by atoms with Crippen molar-refractivity contribution in [3.05, 3.63) is 35.0 Å². The van der Waals surface area contributed by atoms with Crippen LogP contribution in [-0.2, 0) is 14.3 Å². The molecule has 1 atom stereocenters. The number of ether oxygens (including phenoxy) is 3. The summed E-state index contributed by atoms with van der Waals surface area (Å²) in [6.07, 6.45) is 3.14. The van der Waals surface area contributed by atoms with Crippen molar-refractivity contribution in [1.82, 2.24) is 19.7 Å². The molecule has 0 bridgehead atoms. The van der Waals surface area contributed by atoms with Crippen LogP contribution in [0, 0.1) is 0 Å². The van der Waals surface area contributed by atoms with Crippen LogP contribution in [0.25, 0.3) is 0 Å². The zero-order valence-electron chi connectivity index (χ0n) is 20.6. The van der Waals surface area contributed by atoms with E-state index in [4.69, 9.17) is 19.3 Å². The molecule has 36 heavy (non-hydrogen) atoms. The number of allylic oxidation sites excluding steroid dienone is 2. The number of anilines is 1. The molecule has 0 radical (unpaired) electrons. The predicted octanol–water partition coefficient (Wildman–Crippen LogP) is 3.05. The minimum Gasteiger partial charge on any atom is -0.493 e. The second-order valence-corrected chi connectivity index (χ2v) is 9.96. The quantitative estimate of drug-likeness (QED) is 0.533. The SMILES string of the molecule is CCCSc1nc2n(n1)C(c1ccc(OCC(=O)N3CCOCC3)c(OC)c1)C1=C(CCCC1=O)N2. The zero-order valence-corrected chi connectivity index (χ0v) is 21.4. The first kappa shape index (κ1) is 24.6. The summed E-state index contributed by atoms with van der Waals surface area (Å²) < 4.78 is 18.6. The number of Topliss-reactive ketones (excluding diaryl/α,β-unsaturated/α-hetero) is 1. The number of methoxy groups -OCH3 is 1. The average Bonchev–Trinajstić information content (AvgIpc) is 3.32. The van der Waals surface area contributed by atoms with E-state index in [2.05, 4.69) is 17.2 Å². The Morgan fingerprint density at radius 2 is 2.08 bits per heavy atom. The number of ketones is 1. The molecule has 2 aromatic rings. The molecule has 1 N–H and O–H groups in total. The Labute approximate surface area is 214 Å². The summed E-state index contributed by atoms with van der Waals surface area (Å²) >= 11 is 1.60. The molecule has 192 valence electrons. The Morgan fingerprint density at radius 3 is 2.86 bits per heavy atom. The minimum absolute atomic E-state index is 0.0813. The van der Waals surface area contributed by atoms with Crippen LogP contribution >= 0.6 is 11.8 Å². The fourth-order valence-corrected chi connectivity index (χ4v) is 5.40. The van der Waals surface area contributed by atoms with Gasteiger partial charge in [-0.05, 0) is 37.0 Å². The van der Waals surface area contributed by atoms with Crippen LogP contribution in [0.5, 0.6) is 11.5 Å². The fraction of sp³-hybridized carbons (Fsp3) is 0.520. The van der Waals surface area contributed by atoms with Gasteiger partial charge in [0.05, 0.1) is 20.3 Å². The van der Waals surface area contributed by atoms with Crippen molar-refractivity contribution in [3.8, 4) is 11.5 Å². The Morgan fingerprint density at radius 1 is 1.25 bits per heavy atom. The van der Waals surface area contributed by atoms with E-state index < -0.39 is 6.04 Å². The summed E-state index contributed by atoms with van der Waals surface area (Å²) in [5, 5.41) is 8.79. The van der Waals surface area contributed by atoms with Gasteiger partial charge >= 0.3 is 0 Å². The van der Waals surface area contributed by atoms with Crippen LogP contribution in [0.1, 0.15) is 44.2 Å². The van der Waals surface area contributed by atoms with Crippen LogP contribution in [0.15, 0.2) is 34.6 Å². The number of rotatable bonds is 8. The zero-order chi connectivity index (χ0) is 25.1. The number of hydrogen-bond donors (Lipinski definition) is 1. The van der Waals surface area contributed by atoms with Gasteiger partial charge in [0, 0.05) is 36.5 Å². The second-order valence-electron chi connectivity index (χ2n) is 8.90. The van der Waals surface area contributed by atoms with Crippen molar-refractivity contribution in [2.45, 2.75) is 43.8 Å². The number of aromatic nitrogens is 3. The van der Waals surface area contributed by atoms with Crippen molar-refractivity contribution in [3.63, 3.8) is 0 Å². The Bertz CT molecular complexity index is 1170. The monoisotopic (exact) mass is 513 g/mol. The maximum atomic E-state index is 13.1. The third-order valence-corrected chi connectivity index (χ3v) is 7.55. The van der Waals surface area contributed by atoms with Gasteiger partial charge in [-0.25, -0.2) is 4.68 Å². The molecule has 0 spiro atoms. The number of thioether (sulfide) groups is 1. The van der Waals surface area contributed by atoms with Crippen molar-refractivity contribution in [1.29, 1.82) is 0 Å². The summed E-state index contributed by atoms with van der Waals surface area (Å²) in [5.41, 5.74) is 2.49. The van der Waals surface area contributed by atoms with E-state index in [1.807, 2.05) is 12.1 Å². The number of amides is 1. The number of nitrogens with one attached hydrogen (secondary N) is 1. The summed E-state index contributed by atoms with van der Waals surface area (Å²) in [7, 11) is 1.56. The van der Waals surface area contributed by atoms with Gasteiger partial charge in [0.15, 0.2) is 23.9 Å². The van der Waals surface area contributed by atoms with E-state index in [0.717, 1.165) is 41.8 Å². The maximum absolute atomic E-state index is 13.1. The van der Waals surface area contributed by atoms with E-state index in [1.165, 1.54) is 0 Å². The van der Waals surface area contributed by atoms with E-state index in [0.29, 0.717) is 55.3 Å². The number of carbonyl (C=O) groups is 2. The lowest BCUT2D eigenvalue weighted by molar-refractivity contribution is -0.137. The molecule has 1 amide bonds. The first-order chi connectivity index (χ1) is 17.6. The lowest BCUT2D eigenvalue weighted by atomic mass is 9.85. The van der Waals surface area contributed by atoms with Gasteiger partial charge in [-0.1, -0.05) is 24.8 Å². The number of morpholine rings is 1. The number of hydrogen-bond acceptors (Lipinski definition) is 9. The third-order valence-electron chi connectivity index (χ3n) is 6.50. The highest BCUT2D eigenvalue weighted by Gasteiger charge is 2.37. The summed E-state index contributed by atoms with van der Waals surface area (Å²) in [6.45, 7) is 4.25. The number of carbonyl (C=O) groups excluding carboxylic acids is 2. The number of benzene rings is 1. The van der Waals surface area contributed by atoms with E-state index in [-0.39, 0.29) is 18.3 Å². The molecule has 3 aliphatic rings. The first-order valence-corrected chi connectivity index (χ1v) is 13.4. The molecular weight excluding hydrogens is 482 g/mol. The highest BCUT2D eigenvalue weighted by molar-refractivity contribution is 7.99. The highest BCUT2D eigenvalue weighted by Crippen LogP contribution is 2.42. The number of nitrogens with zero attached hydrogens (tertiary/aromatic N) is 4. The van der Waals surface area contributed by atoms with Crippen LogP contribution in [-0.4, -0.2) is 77.1 Å². The summed E-state index contributed by atoms with van der Waals surface area (Å²) in [5.74, 6) is 2.56. The van der Waals surface area contributed by atoms with Gasteiger partial charge in [0.1, 0.15) is 6.04 Å². The fourth-order valence-electron chi connectivity index (χ4n) is 4.72. The molecule has 5 rings (SSSR count). The van der Waals surface area contributed by atoms with Crippen LogP contribution < -0.4 is 14.8 Å². The van der Waals surface area contributed by atoms with Crippen molar-refractivity contribution < 1.29 is 23.8 Å². The predicted molar refractivity (Wildman–Crippen MR) is 135 cm³/mol. The summed E-state index contributed by atoms with van der Waals surface area (Å²) in [4.78, 5) is 32.0. The van der Waals surface area contributed by atoms with Gasteiger partial charge in [0.25, 0.3) is 5.91 Å². The smallest absolute Gasteiger partial charge is 0.260 e. The Kier molecular flexibility index (Phi) is 7.47. The normalized spacial score (nSPS) is 19.4. The average molecular weight is 514 g/mol. The molecule has 1 aliphatic carbocycles. The third kappa shape index (κ3) is 4.94. The molecule has 0 saturated carbocycles. The molecule has 3 heterocycles. The largest absolute Gasteiger partial charge is 0.493 e. The van der Waals surface area contributed by atoms with E-state index >= 15 is 0 Å².